The number of aldehydes is 1. The number of benzene rings is 1. The fourth-order valence-corrected chi connectivity index (χ4v) is 1.00. The van der Waals surface area contributed by atoms with Gasteiger partial charge in [-0.1, -0.05) is 12.1 Å². The van der Waals surface area contributed by atoms with Crippen molar-refractivity contribution in [2.24, 2.45) is 0 Å². The van der Waals surface area contributed by atoms with E-state index in [0.717, 1.165) is 6.29 Å². The molecule has 0 aliphatic rings. The van der Waals surface area contributed by atoms with Gasteiger partial charge in [0.2, 0.25) is 0 Å². The molecule has 1 unspecified atom stereocenters. The summed E-state index contributed by atoms with van der Waals surface area (Å²) >= 11 is 5.39. The van der Waals surface area contributed by atoms with Crippen LogP contribution in [-0.4, -0.2) is 30.0 Å². The molecule has 1 rings (SSSR count). The standard InChI is InChI=1S/C10H11ClO3/c11-5-9(13)7-14-10-3-1-2-8(4-10)6-12/h1-4,6,9,13H,5,7H2. The van der Waals surface area contributed by atoms with Crippen molar-refractivity contribution >= 4 is 17.9 Å². The van der Waals surface area contributed by atoms with E-state index in [4.69, 9.17) is 21.4 Å². The van der Waals surface area contributed by atoms with E-state index in [9.17, 15) is 4.79 Å². The van der Waals surface area contributed by atoms with Gasteiger partial charge >= 0.3 is 0 Å². The van der Waals surface area contributed by atoms with Gasteiger partial charge in [-0.2, -0.15) is 0 Å². The minimum absolute atomic E-state index is 0.131. The van der Waals surface area contributed by atoms with Crippen molar-refractivity contribution in [1.82, 2.24) is 0 Å². The first-order chi connectivity index (χ1) is 6.76. The smallest absolute Gasteiger partial charge is 0.150 e. The van der Waals surface area contributed by atoms with Crippen LogP contribution in [0, 0.1) is 0 Å². The van der Waals surface area contributed by atoms with E-state index >= 15 is 0 Å². The van der Waals surface area contributed by atoms with Crippen molar-refractivity contribution in [3.63, 3.8) is 0 Å². The average molecular weight is 215 g/mol. The van der Waals surface area contributed by atoms with Gasteiger partial charge in [0.1, 0.15) is 24.7 Å². The third-order valence-corrected chi connectivity index (χ3v) is 1.97. The molecule has 3 nitrogen and oxygen atoms in total. The number of alkyl halides is 1. The first-order valence-corrected chi connectivity index (χ1v) is 4.72. The third kappa shape index (κ3) is 3.36. The molecule has 1 aromatic rings. The summed E-state index contributed by atoms with van der Waals surface area (Å²) < 4.78 is 5.21. The lowest BCUT2D eigenvalue weighted by molar-refractivity contribution is 0.112. The molecule has 4 heteroatoms. The molecule has 0 saturated heterocycles. The topological polar surface area (TPSA) is 46.5 Å². The third-order valence-electron chi connectivity index (χ3n) is 1.61. The molecule has 0 aliphatic heterocycles. The van der Waals surface area contributed by atoms with E-state index in [0.29, 0.717) is 11.3 Å². The molecule has 76 valence electrons. The van der Waals surface area contributed by atoms with Crippen LogP contribution in [0.2, 0.25) is 0 Å². The quantitative estimate of drug-likeness (QED) is 0.597. The van der Waals surface area contributed by atoms with Gasteiger partial charge in [0.25, 0.3) is 0 Å². The van der Waals surface area contributed by atoms with Crippen LogP contribution in [0.15, 0.2) is 24.3 Å². The van der Waals surface area contributed by atoms with E-state index in [1.165, 1.54) is 0 Å². The van der Waals surface area contributed by atoms with Gasteiger partial charge in [-0.05, 0) is 12.1 Å². The number of halogens is 1. The zero-order valence-corrected chi connectivity index (χ0v) is 8.28. The highest BCUT2D eigenvalue weighted by Crippen LogP contribution is 2.12. The number of ether oxygens (including phenoxy) is 1. The molecule has 0 saturated carbocycles. The fourth-order valence-electron chi connectivity index (χ4n) is 0.915. The number of aliphatic hydroxyl groups is 1. The molecule has 0 aliphatic carbocycles. The number of hydrogen-bond acceptors (Lipinski definition) is 3. The maximum atomic E-state index is 10.4. The number of hydrogen-bond donors (Lipinski definition) is 1. The van der Waals surface area contributed by atoms with Gasteiger partial charge in [0.05, 0.1) is 5.88 Å². The number of carbonyl (C=O) groups is 1. The zero-order chi connectivity index (χ0) is 10.4. The molecule has 1 N–H and O–H groups in total. The fraction of sp³-hybridized carbons (Fsp3) is 0.300. The van der Waals surface area contributed by atoms with Crippen molar-refractivity contribution in [3.8, 4) is 5.75 Å². The number of aliphatic hydroxyl groups excluding tert-OH is 1. The van der Waals surface area contributed by atoms with Crippen molar-refractivity contribution in [2.75, 3.05) is 12.5 Å². The second kappa shape index (κ2) is 5.62. The van der Waals surface area contributed by atoms with Crippen LogP contribution in [0.25, 0.3) is 0 Å². The SMILES string of the molecule is O=Cc1cccc(OCC(O)CCl)c1. The lowest BCUT2D eigenvalue weighted by atomic mass is 10.2. The monoisotopic (exact) mass is 214 g/mol. The summed E-state index contributed by atoms with van der Waals surface area (Å²) in [6.07, 6.45) is 0.0572. The summed E-state index contributed by atoms with van der Waals surface area (Å²) in [5.74, 6) is 0.687. The Morgan fingerprint density at radius 2 is 2.36 bits per heavy atom. The molecule has 0 bridgehead atoms. The molecule has 0 fully saturated rings. The highest BCUT2D eigenvalue weighted by atomic mass is 35.5. The Kier molecular flexibility index (Phi) is 4.43. The zero-order valence-electron chi connectivity index (χ0n) is 7.52. The Labute approximate surface area is 87.3 Å². The van der Waals surface area contributed by atoms with Crippen LogP contribution >= 0.6 is 11.6 Å². The van der Waals surface area contributed by atoms with Crippen LogP contribution in [0.3, 0.4) is 0 Å². The van der Waals surface area contributed by atoms with Crippen molar-refractivity contribution in [2.45, 2.75) is 6.10 Å². The van der Waals surface area contributed by atoms with Crippen LogP contribution < -0.4 is 4.74 Å². The first-order valence-electron chi connectivity index (χ1n) is 4.18. The molecular formula is C10H11ClO3. The summed E-state index contributed by atoms with van der Waals surface area (Å²) in [6, 6.07) is 6.71. The van der Waals surface area contributed by atoms with Crippen molar-refractivity contribution in [1.29, 1.82) is 0 Å². The molecule has 14 heavy (non-hydrogen) atoms. The van der Waals surface area contributed by atoms with Gasteiger partial charge in [-0.15, -0.1) is 11.6 Å². The molecule has 0 aromatic heterocycles. The van der Waals surface area contributed by atoms with Gasteiger partial charge in [0, 0.05) is 5.56 Å². The molecular weight excluding hydrogens is 204 g/mol. The van der Waals surface area contributed by atoms with Gasteiger partial charge in [0.15, 0.2) is 0 Å². The molecule has 1 atom stereocenters. The summed E-state index contributed by atoms with van der Waals surface area (Å²) in [6.45, 7) is 0.131. The predicted molar refractivity (Wildman–Crippen MR) is 54.1 cm³/mol. The largest absolute Gasteiger partial charge is 0.491 e. The van der Waals surface area contributed by atoms with E-state index in [2.05, 4.69) is 0 Å². The molecule has 1 aromatic carbocycles. The summed E-state index contributed by atoms with van der Waals surface area (Å²) in [7, 11) is 0. The first kappa shape index (κ1) is 11.0. The van der Waals surface area contributed by atoms with Gasteiger partial charge in [-0.3, -0.25) is 4.79 Å². The summed E-state index contributed by atoms with van der Waals surface area (Å²) in [5.41, 5.74) is 0.544. The Morgan fingerprint density at radius 3 is 3.00 bits per heavy atom. The molecule has 0 spiro atoms. The average Bonchev–Trinajstić information content (AvgIpc) is 2.26. The summed E-state index contributed by atoms with van der Waals surface area (Å²) in [5, 5.41) is 9.12. The molecule has 0 heterocycles. The van der Waals surface area contributed by atoms with E-state index in [-0.39, 0.29) is 12.5 Å². The maximum absolute atomic E-state index is 10.4. The minimum Gasteiger partial charge on any atom is -0.491 e. The predicted octanol–water partition coefficient (Wildman–Crippen LogP) is 1.48. The number of rotatable bonds is 5. The normalized spacial score (nSPS) is 12.1. The highest BCUT2D eigenvalue weighted by Gasteiger charge is 2.03. The maximum Gasteiger partial charge on any atom is 0.150 e. The molecule has 0 radical (unpaired) electrons. The summed E-state index contributed by atoms with van der Waals surface area (Å²) in [4.78, 5) is 10.4. The Morgan fingerprint density at radius 1 is 1.57 bits per heavy atom. The van der Waals surface area contributed by atoms with E-state index < -0.39 is 6.10 Å². The minimum atomic E-state index is -0.684. The van der Waals surface area contributed by atoms with Crippen LogP contribution in [0.4, 0.5) is 0 Å². The Hall–Kier alpha value is -1.06. The van der Waals surface area contributed by atoms with Crippen molar-refractivity contribution < 1.29 is 14.6 Å². The van der Waals surface area contributed by atoms with Gasteiger partial charge in [-0.25, -0.2) is 0 Å². The Balaban J connectivity index is 2.54. The van der Waals surface area contributed by atoms with E-state index in [1.807, 2.05) is 0 Å². The molecule has 0 amide bonds. The van der Waals surface area contributed by atoms with Crippen molar-refractivity contribution in [3.05, 3.63) is 29.8 Å². The second-order valence-corrected chi connectivity index (χ2v) is 3.12. The van der Waals surface area contributed by atoms with Gasteiger partial charge < -0.3 is 9.84 Å². The van der Waals surface area contributed by atoms with Crippen LogP contribution in [0.1, 0.15) is 10.4 Å². The Bertz CT molecular complexity index is 301. The second-order valence-electron chi connectivity index (χ2n) is 2.81. The highest BCUT2D eigenvalue weighted by molar-refractivity contribution is 6.18. The lowest BCUT2D eigenvalue weighted by Crippen LogP contribution is -2.18. The number of carbonyl (C=O) groups excluding carboxylic acids is 1. The van der Waals surface area contributed by atoms with Crippen LogP contribution in [0.5, 0.6) is 5.75 Å². The van der Waals surface area contributed by atoms with E-state index in [1.54, 1.807) is 24.3 Å². The lowest BCUT2D eigenvalue weighted by Gasteiger charge is -2.09. The van der Waals surface area contributed by atoms with Crippen LogP contribution in [-0.2, 0) is 0 Å².